The highest BCUT2D eigenvalue weighted by molar-refractivity contribution is 7.89. The number of hydrogen-bond donors (Lipinski definition) is 1. The van der Waals surface area contributed by atoms with Crippen molar-refractivity contribution in [3.05, 3.63) is 18.2 Å². The molecule has 0 aliphatic carbocycles. The number of rotatable bonds is 7. The minimum Gasteiger partial charge on any atom is -0.358 e. The average molecular weight is 478 g/mol. The summed E-state index contributed by atoms with van der Waals surface area (Å²) in [6, 6.07) is 4.60. The van der Waals surface area contributed by atoms with Crippen LogP contribution in [-0.2, 0) is 19.6 Å². The molecule has 2 amide bonds. The third kappa shape index (κ3) is 5.02. The lowest BCUT2D eigenvalue weighted by molar-refractivity contribution is -0.125. The summed E-state index contributed by atoms with van der Waals surface area (Å²) in [5.74, 6) is -0.357. The molecule has 0 aromatic heterocycles. The lowest BCUT2D eigenvalue weighted by Crippen LogP contribution is -2.57. The molecule has 2 saturated heterocycles. The monoisotopic (exact) mass is 477 g/mol. The molecule has 182 valence electrons. The van der Waals surface area contributed by atoms with Gasteiger partial charge in [0, 0.05) is 33.7 Å². The zero-order chi connectivity index (χ0) is 23.6. The van der Waals surface area contributed by atoms with Crippen LogP contribution < -0.4 is 15.1 Å². The third-order valence-electron chi connectivity index (χ3n) is 6.88. The highest BCUT2D eigenvalue weighted by atomic mass is 32.2. The molecule has 3 aliphatic rings. The summed E-state index contributed by atoms with van der Waals surface area (Å²) in [5.41, 5.74) is 1.31. The first-order valence-corrected chi connectivity index (χ1v) is 13.4. The molecule has 33 heavy (non-hydrogen) atoms. The number of piperidine rings is 2. The van der Waals surface area contributed by atoms with Crippen molar-refractivity contribution in [1.29, 1.82) is 0 Å². The fourth-order valence-corrected chi connectivity index (χ4v) is 5.93. The lowest BCUT2D eigenvalue weighted by Gasteiger charge is -2.45. The first-order valence-electron chi connectivity index (χ1n) is 11.9. The highest BCUT2D eigenvalue weighted by Crippen LogP contribution is 2.40. The van der Waals surface area contributed by atoms with Crippen molar-refractivity contribution in [2.75, 3.05) is 63.2 Å². The Morgan fingerprint density at radius 1 is 1.06 bits per heavy atom. The maximum Gasteiger partial charge on any atom is 0.250 e. The molecule has 0 unspecified atom stereocenters. The Kier molecular flexibility index (Phi) is 7.25. The van der Waals surface area contributed by atoms with E-state index < -0.39 is 10.0 Å². The summed E-state index contributed by atoms with van der Waals surface area (Å²) in [7, 11) is -0.704. The van der Waals surface area contributed by atoms with E-state index in [2.05, 4.69) is 15.1 Å². The van der Waals surface area contributed by atoms with Crippen molar-refractivity contribution in [3.8, 4) is 0 Å². The molecule has 0 spiro atoms. The molecule has 0 saturated carbocycles. The van der Waals surface area contributed by atoms with Crippen molar-refractivity contribution >= 4 is 33.2 Å². The number of fused-ring (bicyclic) bond motifs is 3. The number of sulfonamides is 1. The van der Waals surface area contributed by atoms with E-state index >= 15 is 0 Å². The van der Waals surface area contributed by atoms with Gasteiger partial charge in [0.25, 0.3) is 0 Å². The van der Waals surface area contributed by atoms with Crippen molar-refractivity contribution in [3.63, 3.8) is 0 Å². The summed E-state index contributed by atoms with van der Waals surface area (Å²) < 4.78 is 26.6. The van der Waals surface area contributed by atoms with Crippen molar-refractivity contribution in [2.24, 2.45) is 0 Å². The smallest absolute Gasteiger partial charge is 0.250 e. The van der Waals surface area contributed by atoms with Gasteiger partial charge in [0.05, 0.1) is 16.3 Å². The van der Waals surface area contributed by atoms with E-state index in [0.29, 0.717) is 12.2 Å². The number of nitrogens with one attached hydrogen (secondary N) is 1. The van der Waals surface area contributed by atoms with E-state index in [0.717, 1.165) is 55.4 Å². The van der Waals surface area contributed by atoms with Gasteiger partial charge in [-0.1, -0.05) is 6.42 Å². The van der Waals surface area contributed by atoms with Gasteiger partial charge in [0.1, 0.15) is 12.6 Å². The van der Waals surface area contributed by atoms with Crippen LogP contribution in [0.2, 0.25) is 0 Å². The summed E-state index contributed by atoms with van der Waals surface area (Å²) in [6.45, 7) is 4.11. The molecular formula is C23H35N5O4S. The van der Waals surface area contributed by atoms with Crippen LogP contribution in [0.1, 0.15) is 38.5 Å². The van der Waals surface area contributed by atoms with Gasteiger partial charge in [-0.25, -0.2) is 12.7 Å². The molecule has 3 aliphatic heterocycles. The Bertz CT molecular complexity index is 991. The normalized spacial score (nSPS) is 21.7. The minimum atomic E-state index is -3.66. The van der Waals surface area contributed by atoms with Crippen LogP contribution >= 0.6 is 0 Å². The summed E-state index contributed by atoms with van der Waals surface area (Å²) in [4.78, 5) is 32.2. The van der Waals surface area contributed by atoms with Gasteiger partial charge in [-0.3, -0.25) is 14.5 Å². The third-order valence-corrected chi connectivity index (χ3v) is 8.69. The Morgan fingerprint density at radius 3 is 2.52 bits per heavy atom. The number of hydrogen-bond acceptors (Lipinski definition) is 6. The number of carbonyl (C=O) groups is 2. The topological polar surface area (TPSA) is 93.3 Å². The summed E-state index contributed by atoms with van der Waals surface area (Å²) in [5, 5.41) is 2.95. The molecule has 0 radical (unpaired) electrons. The Morgan fingerprint density at radius 2 is 1.79 bits per heavy atom. The minimum absolute atomic E-state index is 0.109. The van der Waals surface area contributed by atoms with Crippen molar-refractivity contribution in [2.45, 2.75) is 49.5 Å². The number of likely N-dealkylation sites (tertiary alicyclic amines) is 1. The number of amides is 2. The van der Waals surface area contributed by atoms with Crippen LogP contribution in [0.15, 0.2) is 23.1 Å². The maximum absolute atomic E-state index is 13.4. The second kappa shape index (κ2) is 9.99. The summed E-state index contributed by atoms with van der Waals surface area (Å²) in [6.07, 6.45) is 6.35. The average Bonchev–Trinajstić information content (AvgIpc) is 2.82. The molecule has 0 bridgehead atoms. The number of nitrogens with zero attached hydrogens (tertiary/aromatic N) is 4. The van der Waals surface area contributed by atoms with Gasteiger partial charge in [-0.2, -0.15) is 0 Å². The quantitative estimate of drug-likeness (QED) is 0.635. The first-order chi connectivity index (χ1) is 15.8. The van der Waals surface area contributed by atoms with Gasteiger partial charge in [0.15, 0.2) is 0 Å². The van der Waals surface area contributed by atoms with Crippen LogP contribution in [0.4, 0.5) is 11.4 Å². The van der Waals surface area contributed by atoms with E-state index in [1.165, 1.54) is 44.3 Å². The second-order valence-electron chi connectivity index (χ2n) is 9.32. The van der Waals surface area contributed by atoms with Gasteiger partial charge in [0.2, 0.25) is 21.8 Å². The largest absolute Gasteiger partial charge is 0.358 e. The van der Waals surface area contributed by atoms with Crippen LogP contribution in [0.3, 0.4) is 0 Å². The number of anilines is 2. The fourth-order valence-electron chi connectivity index (χ4n) is 5.01. The van der Waals surface area contributed by atoms with Gasteiger partial charge < -0.3 is 15.1 Å². The molecular weight excluding hydrogens is 442 g/mol. The van der Waals surface area contributed by atoms with E-state index in [1.807, 2.05) is 0 Å². The van der Waals surface area contributed by atoms with E-state index in [1.54, 1.807) is 12.1 Å². The Hall–Kier alpha value is -2.17. The molecule has 1 aromatic rings. The molecule has 4 rings (SSSR count). The van der Waals surface area contributed by atoms with Crippen molar-refractivity contribution in [1.82, 2.24) is 14.5 Å². The molecule has 1 N–H and O–H groups in total. The first kappa shape index (κ1) is 24.0. The van der Waals surface area contributed by atoms with Crippen LogP contribution in [0, 0.1) is 0 Å². The maximum atomic E-state index is 13.4. The predicted molar refractivity (Wildman–Crippen MR) is 128 cm³/mol. The van der Waals surface area contributed by atoms with Gasteiger partial charge >= 0.3 is 0 Å². The molecule has 3 heterocycles. The number of benzene rings is 1. The van der Waals surface area contributed by atoms with E-state index in [9.17, 15) is 18.0 Å². The standard InChI is InChI=1S/C23H35N5O4S/c1-25(2)33(31,32)18-9-10-19-21(16-18)28(23(30)20-8-4-7-14-27(19)20)17-22(29)24-11-15-26-12-5-3-6-13-26/h9-10,16,20H,3-8,11-15,17H2,1-2H3,(H,24,29)/t20-/m0/s1. The Labute approximate surface area is 196 Å². The molecule has 1 aromatic carbocycles. The lowest BCUT2D eigenvalue weighted by atomic mass is 9.96. The SMILES string of the molecule is CN(C)S(=O)(=O)c1ccc2c(c1)N(CC(=O)NCCN1CCCCC1)C(=O)[C@@H]1CCCCN21. The zero-order valence-electron chi connectivity index (χ0n) is 19.6. The van der Waals surface area contributed by atoms with Gasteiger partial charge in [-0.15, -0.1) is 0 Å². The molecule has 10 heteroatoms. The van der Waals surface area contributed by atoms with Gasteiger partial charge in [-0.05, 0) is 63.4 Å². The van der Waals surface area contributed by atoms with Crippen LogP contribution in [0.25, 0.3) is 0 Å². The van der Waals surface area contributed by atoms with Crippen LogP contribution in [-0.4, -0.2) is 88.8 Å². The predicted octanol–water partition coefficient (Wildman–Crippen LogP) is 1.24. The highest BCUT2D eigenvalue weighted by Gasteiger charge is 2.40. The van der Waals surface area contributed by atoms with Crippen molar-refractivity contribution < 1.29 is 18.0 Å². The number of carbonyl (C=O) groups excluding carboxylic acids is 2. The van der Waals surface area contributed by atoms with Crippen LogP contribution in [0.5, 0.6) is 0 Å². The van der Waals surface area contributed by atoms with E-state index in [4.69, 9.17) is 0 Å². The zero-order valence-corrected chi connectivity index (χ0v) is 20.4. The Balaban J connectivity index is 1.54. The fraction of sp³-hybridized carbons (Fsp3) is 0.652. The molecule has 9 nitrogen and oxygen atoms in total. The summed E-state index contributed by atoms with van der Waals surface area (Å²) >= 11 is 0. The van der Waals surface area contributed by atoms with E-state index in [-0.39, 0.29) is 29.3 Å². The second-order valence-corrected chi connectivity index (χ2v) is 11.5. The molecule has 2 fully saturated rings. The molecule has 1 atom stereocenters.